The van der Waals surface area contributed by atoms with E-state index in [2.05, 4.69) is 42.0 Å². The Morgan fingerprint density at radius 1 is 1.10 bits per heavy atom. The third kappa shape index (κ3) is 3.02. The number of fused-ring (bicyclic) bond motifs is 1. The summed E-state index contributed by atoms with van der Waals surface area (Å²) in [4.78, 5) is 0. The molecule has 3 aromatic rings. The van der Waals surface area contributed by atoms with Crippen LogP contribution >= 0.6 is 0 Å². The molecule has 1 heterocycles. The lowest BCUT2D eigenvalue weighted by Gasteiger charge is -2.09. The molecule has 2 N–H and O–H groups in total. The van der Waals surface area contributed by atoms with Gasteiger partial charge < -0.3 is 15.0 Å². The average Bonchev–Trinajstić information content (AvgIpc) is 2.87. The van der Waals surface area contributed by atoms with E-state index < -0.39 is 0 Å². The Hall–Kier alpha value is -2.42. The minimum absolute atomic E-state index is 0.666. The van der Waals surface area contributed by atoms with Gasteiger partial charge in [-0.15, -0.1) is 0 Å². The normalized spacial score (nSPS) is 10.9. The molecular formula is C18H20N2O. The van der Waals surface area contributed by atoms with Gasteiger partial charge in [-0.2, -0.15) is 0 Å². The van der Waals surface area contributed by atoms with Gasteiger partial charge in [-0.3, -0.25) is 0 Å². The molecule has 0 fully saturated rings. The third-order valence-electron chi connectivity index (χ3n) is 3.65. The van der Waals surface area contributed by atoms with Gasteiger partial charge in [0.05, 0.1) is 12.3 Å². The molecule has 2 aromatic carbocycles. The number of aromatic nitrogens is 1. The molecule has 3 nitrogen and oxygen atoms in total. The quantitative estimate of drug-likeness (QED) is 0.567. The smallest absolute Gasteiger partial charge is 0.142 e. The molecule has 0 unspecified atom stereocenters. The zero-order valence-corrected chi connectivity index (χ0v) is 12.3. The van der Waals surface area contributed by atoms with Gasteiger partial charge in [0.1, 0.15) is 5.75 Å². The van der Waals surface area contributed by atoms with Gasteiger partial charge in [0.25, 0.3) is 0 Å². The minimum Gasteiger partial charge on any atom is -0.491 e. The number of anilines is 1. The van der Waals surface area contributed by atoms with Crippen molar-refractivity contribution in [2.45, 2.75) is 19.9 Å². The van der Waals surface area contributed by atoms with Crippen LogP contribution in [-0.2, 0) is 6.54 Å². The van der Waals surface area contributed by atoms with Crippen molar-refractivity contribution in [2.75, 3.05) is 12.3 Å². The summed E-state index contributed by atoms with van der Waals surface area (Å²) in [7, 11) is 0. The highest BCUT2D eigenvalue weighted by molar-refractivity contribution is 5.80. The summed E-state index contributed by atoms with van der Waals surface area (Å²) in [5.41, 5.74) is 9.12. The number of ether oxygens (including phenoxy) is 1. The monoisotopic (exact) mass is 280 g/mol. The van der Waals surface area contributed by atoms with Crippen molar-refractivity contribution in [3.63, 3.8) is 0 Å². The van der Waals surface area contributed by atoms with Gasteiger partial charge in [-0.1, -0.05) is 23.8 Å². The lowest BCUT2D eigenvalue weighted by atomic mass is 10.2. The van der Waals surface area contributed by atoms with Crippen molar-refractivity contribution in [3.05, 3.63) is 60.3 Å². The first-order valence-electron chi connectivity index (χ1n) is 7.27. The fourth-order valence-electron chi connectivity index (χ4n) is 2.54. The van der Waals surface area contributed by atoms with Crippen molar-refractivity contribution < 1.29 is 4.74 Å². The second-order valence-electron chi connectivity index (χ2n) is 5.31. The highest BCUT2D eigenvalue weighted by Gasteiger charge is 2.02. The van der Waals surface area contributed by atoms with Gasteiger partial charge in [0.2, 0.25) is 0 Å². The Bertz CT molecular complexity index is 746. The molecule has 0 amide bonds. The third-order valence-corrected chi connectivity index (χ3v) is 3.65. The number of nitrogens with zero attached hydrogens (tertiary/aromatic N) is 1. The van der Waals surface area contributed by atoms with E-state index in [0.29, 0.717) is 12.3 Å². The number of nitrogens with two attached hydrogens (primary N) is 1. The van der Waals surface area contributed by atoms with Crippen LogP contribution in [0.4, 0.5) is 5.69 Å². The SMILES string of the molecule is Cc1ccc2c(ccn2CCCOc2ccccc2N)c1. The largest absolute Gasteiger partial charge is 0.491 e. The molecule has 0 aliphatic carbocycles. The molecule has 0 spiro atoms. The van der Waals surface area contributed by atoms with Crippen molar-refractivity contribution in [2.24, 2.45) is 0 Å². The van der Waals surface area contributed by atoms with E-state index >= 15 is 0 Å². The van der Waals surface area contributed by atoms with Crippen LogP contribution in [0.25, 0.3) is 10.9 Å². The van der Waals surface area contributed by atoms with E-state index in [1.54, 1.807) is 0 Å². The van der Waals surface area contributed by atoms with Gasteiger partial charge in [0, 0.05) is 18.3 Å². The summed E-state index contributed by atoms with van der Waals surface area (Å²) in [5, 5.41) is 1.29. The first kappa shape index (κ1) is 13.6. The number of benzene rings is 2. The Labute approximate surface area is 125 Å². The zero-order valence-electron chi connectivity index (χ0n) is 12.3. The summed E-state index contributed by atoms with van der Waals surface area (Å²) in [6.07, 6.45) is 3.09. The summed E-state index contributed by atoms with van der Waals surface area (Å²) in [6, 6.07) is 16.3. The Morgan fingerprint density at radius 3 is 2.81 bits per heavy atom. The van der Waals surface area contributed by atoms with Crippen LogP contribution in [0.2, 0.25) is 0 Å². The Kier molecular flexibility index (Phi) is 3.82. The highest BCUT2D eigenvalue weighted by atomic mass is 16.5. The van der Waals surface area contributed by atoms with Crippen molar-refractivity contribution in [1.82, 2.24) is 4.57 Å². The summed E-state index contributed by atoms with van der Waals surface area (Å²) in [5.74, 6) is 0.769. The van der Waals surface area contributed by atoms with Gasteiger partial charge >= 0.3 is 0 Å². The maximum absolute atomic E-state index is 5.86. The minimum atomic E-state index is 0.666. The second kappa shape index (κ2) is 5.92. The van der Waals surface area contributed by atoms with Crippen molar-refractivity contribution in [3.8, 4) is 5.75 Å². The molecule has 3 rings (SSSR count). The molecule has 21 heavy (non-hydrogen) atoms. The molecule has 0 saturated heterocycles. The summed E-state index contributed by atoms with van der Waals surface area (Å²) < 4.78 is 8.00. The number of para-hydroxylation sites is 2. The van der Waals surface area contributed by atoms with E-state index in [-0.39, 0.29) is 0 Å². The predicted molar refractivity (Wildman–Crippen MR) is 87.6 cm³/mol. The topological polar surface area (TPSA) is 40.2 Å². The average molecular weight is 280 g/mol. The molecule has 0 radical (unpaired) electrons. The van der Waals surface area contributed by atoms with Gasteiger partial charge in [-0.05, 0) is 49.1 Å². The van der Waals surface area contributed by atoms with Gasteiger partial charge in [0.15, 0.2) is 0 Å². The van der Waals surface area contributed by atoms with E-state index in [0.717, 1.165) is 18.7 Å². The maximum atomic E-state index is 5.86. The van der Waals surface area contributed by atoms with Crippen LogP contribution in [0.3, 0.4) is 0 Å². The molecule has 1 aromatic heterocycles. The first-order valence-corrected chi connectivity index (χ1v) is 7.27. The summed E-state index contributed by atoms with van der Waals surface area (Å²) in [6.45, 7) is 3.73. The molecule has 3 heteroatoms. The second-order valence-corrected chi connectivity index (χ2v) is 5.31. The molecular weight excluding hydrogens is 260 g/mol. The Morgan fingerprint density at radius 2 is 1.95 bits per heavy atom. The van der Waals surface area contributed by atoms with Crippen LogP contribution in [0.15, 0.2) is 54.7 Å². The fraction of sp³-hybridized carbons (Fsp3) is 0.222. The van der Waals surface area contributed by atoms with Crippen molar-refractivity contribution in [1.29, 1.82) is 0 Å². The van der Waals surface area contributed by atoms with E-state index in [1.165, 1.54) is 16.5 Å². The van der Waals surface area contributed by atoms with Crippen molar-refractivity contribution >= 4 is 16.6 Å². The number of nitrogen functional groups attached to an aromatic ring is 1. The molecule has 108 valence electrons. The van der Waals surface area contributed by atoms with Crippen LogP contribution in [0, 0.1) is 6.92 Å². The van der Waals surface area contributed by atoms with E-state index in [4.69, 9.17) is 10.5 Å². The van der Waals surface area contributed by atoms with Crippen LogP contribution in [0.5, 0.6) is 5.75 Å². The Balaban J connectivity index is 1.59. The maximum Gasteiger partial charge on any atom is 0.142 e. The lowest BCUT2D eigenvalue weighted by molar-refractivity contribution is 0.304. The van der Waals surface area contributed by atoms with E-state index in [9.17, 15) is 0 Å². The highest BCUT2D eigenvalue weighted by Crippen LogP contribution is 2.20. The fourth-order valence-corrected chi connectivity index (χ4v) is 2.54. The molecule has 0 aliphatic rings. The predicted octanol–water partition coefficient (Wildman–Crippen LogP) is 4.00. The van der Waals surface area contributed by atoms with Gasteiger partial charge in [-0.25, -0.2) is 0 Å². The van der Waals surface area contributed by atoms with Crippen LogP contribution in [0.1, 0.15) is 12.0 Å². The molecule has 0 aliphatic heterocycles. The van der Waals surface area contributed by atoms with Crippen LogP contribution in [-0.4, -0.2) is 11.2 Å². The first-order chi connectivity index (χ1) is 10.2. The molecule has 0 atom stereocenters. The van der Waals surface area contributed by atoms with Crippen LogP contribution < -0.4 is 10.5 Å². The number of aryl methyl sites for hydroxylation is 2. The molecule has 0 saturated carbocycles. The molecule has 0 bridgehead atoms. The standard InChI is InChI=1S/C18H20N2O/c1-14-7-8-17-15(13-14)9-11-20(17)10-4-12-21-18-6-3-2-5-16(18)19/h2-3,5-9,11,13H,4,10,12,19H2,1H3. The number of rotatable bonds is 5. The number of hydrogen-bond donors (Lipinski definition) is 1. The van der Waals surface area contributed by atoms with E-state index in [1.807, 2.05) is 24.3 Å². The number of hydrogen-bond acceptors (Lipinski definition) is 2. The lowest BCUT2D eigenvalue weighted by Crippen LogP contribution is -2.04. The summed E-state index contributed by atoms with van der Waals surface area (Å²) >= 11 is 0. The zero-order chi connectivity index (χ0) is 14.7.